The summed E-state index contributed by atoms with van der Waals surface area (Å²) in [4.78, 5) is 12.6. The molecular formula is C15H20O4. The van der Waals surface area contributed by atoms with Crippen LogP contribution in [0.4, 0.5) is 0 Å². The van der Waals surface area contributed by atoms with Crippen LogP contribution in [0.2, 0.25) is 0 Å². The molecule has 2 heterocycles. The summed E-state index contributed by atoms with van der Waals surface area (Å²) in [7, 11) is 1.65. The average molecular weight is 264 g/mol. The maximum Gasteiger partial charge on any atom is 0.175 e. The van der Waals surface area contributed by atoms with E-state index in [9.17, 15) is 4.79 Å². The summed E-state index contributed by atoms with van der Waals surface area (Å²) in [5.41, 5.74) is 0.00481. The Morgan fingerprint density at radius 2 is 2.00 bits per heavy atom. The molecule has 0 aromatic carbocycles. The molecule has 0 saturated carbocycles. The standard InChI is InChI=1S/C15H20O4/c1-4-11-13(5-2)19-10-12(14(11)16)15(17-3)6-8-18-9-7-15/h4-5,12H,1-2,6-10H2,3H3. The molecule has 2 rings (SSSR count). The molecule has 1 fully saturated rings. The monoisotopic (exact) mass is 264 g/mol. The molecule has 0 N–H and O–H groups in total. The fraction of sp³-hybridized carbons (Fsp3) is 0.533. The highest BCUT2D eigenvalue weighted by atomic mass is 16.5. The number of carbonyl (C=O) groups is 1. The van der Waals surface area contributed by atoms with E-state index in [2.05, 4.69) is 13.2 Å². The van der Waals surface area contributed by atoms with Gasteiger partial charge in [-0.25, -0.2) is 0 Å². The van der Waals surface area contributed by atoms with Crippen molar-refractivity contribution in [2.75, 3.05) is 26.9 Å². The number of ketones is 1. The van der Waals surface area contributed by atoms with Crippen LogP contribution in [-0.4, -0.2) is 38.3 Å². The van der Waals surface area contributed by atoms with Gasteiger partial charge in [-0.1, -0.05) is 19.2 Å². The highest BCUT2D eigenvalue weighted by Crippen LogP contribution is 2.37. The summed E-state index contributed by atoms with van der Waals surface area (Å²) < 4.78 is 16.7. The second-order valence-corrected chi connectivity index (χ2v) is 4.80. The van der Waals surface area contributed by atoms with Crippen molar-refractivity contribution in [3.63, 3.8) is 0 Å². The normalized spacial score (nSPS) is 26.8. The largest absolute Gasteiger partial charge is 0.492 e. The van der Waals surface area contributed by atoms with Crippen LogP contribution in [0.5, 0.6) is 0 Å². The van der Waals surface area contributed by atoms with E-state index in [0.29, 0.717) is 44.0 Å². The van der Waals surface area contributed by atoms with Gasteiger partial charge in [-0.15, -0.1) is 0 Å². The van der Waals surface area contributed by atoms with E-state index in [4.69, 9.17) is 14.2 Å². The summed E-state index contributed by atoms with van der Waals surface area (Å²) in [6.07, 6.45) is 4.50. The molecule has 0 aromatic rings. The molecule has 0 aliphatic carbocycles. The molecule has 0 radical (unpaired) electrons. The summed E-state index contributed by atoms with van der Waals surface area (Å²) >= 11 is 0. The summed E-state index contributed by atoms with van der Waals surface area (Å²) in [6.45, 7) is 8.89. The lowest BCUT2D eigenvalue weighted by atomic mass is 9.76. The molecule has 4 nitrogen and oxygen atoms in total. The van der Waals surface area contributed by atoms with Crippen molar-refractivity contribution in [3.8, 4) is 0 Å². The second kappa shape index (κ2) is 5.72. The molecule has 0 amide bonds. The minimum atomic E-state index is -0.490. The van der Waals surface area contributed by atoms with Gasteiger partial charge in [-0.05, 0) is 6.08 Å². The van der Waals surface area contributed by atoms with Gasteiger partial charge in [0.2, 0.25) is 0 Å². The van der Waals surface area contributed by atoms with Gasteiger partial charge in [-0.2, -0.15) is 0 Å². The molecule has 104 valence electrons. The molecule has 1 unspecified atom stereocenters. The van der Waals surface area contributed by atoms with Crippen molar-refractivity contribution in [3.05, 3.63) is 36.6 Å². The third-order valence-corrected chi connectivity index (χ3v) is 4.02. The number of Topliss-reactive ketones (excluding diaryl/α,β-unsaturated/α-hetero) is 1. The summed E-state index contributed by atoms with van der Waals surface area (Å²) in [5.74, 6) is 0.229. The van der Waals surface area contributed by atoms with E-state index in [1.54, 1.807) is 13.2 Å². The minimum Gasteiger partial charge on any atom is -0.492 e. The van der Waals surface area contributed by atoms with Crippen molar-refractivity contribution < 1.29 is 19.0 Å². The quantitative estimate of drug-likeness (QED) is 0.779. The molecule has 1 saturated heterocycles. The lowest BCUT2D eigenvalue weighted by Gasteiger charge is -2.42. The third-order valence-electron chi connectivity index (χ3n) is 4.02. The van der Waals surface area contributed by atoms with Crippen molar-refractivity contribution >= 4 is 5.78 Å². The Hall–Kier alpha value is -1.39. The zero-order chi connectivity index (χ0) is 13.9. The number of methoxy groups -OCH3 is 1. The van der Waals surface area contributed by atoms with Gasteiger partial charge >= 0.3 is 0 Å². The van der Waals surface area contributed by atoms with Gasteiger partial charge in [-0.3, -0.25) is 4.79 Å². The summed E-state index contributed by atoms with van der Waals surface area (Å²) in [6, 6.07) is 0. The Balaban J connectivity index is 2.31. The number of hydrogen-bond acceptors (Lipinski definition) is 4. The molecular weight excluding hydrogens is 244 g/mol. The number of carbonyl (C=O) groups excluding carboxylic acids is 1. The molecule has 1 atom stereocenters. The first-order chi connectivity index (χ1) is 9.18. The van der Waals surface area contributed by atoms with E-state index >= 15 is 0 Å². The zero-order valence-electron chi connectivity index (χ0n) is 11.3. The van der Waals surface area contributed by atoms with Crippen molar-refractivity contribution in [1.29, 1.82) is 0 Å². The van der Waals surface area contributed by atoms with Crippen LogP contribution in [0.25, 0.3) is 0 Å². The number of ether oxygens (including phenoxy) is 3. The van der Waals surface area contributed by atoms with Crippen LogP contribution in [0.1, 0.15) is 12.8 Å². The van der Waals surface area contributed by atoms with E-state index in [1.165, 1.54) is 6.08 Å². The first-order valence-corrected chi connectivity index (χ1v) is 6.47. The fourth-order valence-corrected chi connectivity index (χ4v) is 2.81. The molecule has 4 heteroatoms. The lowest BCUT2D eigenvalue weighted by molar-refractivity contribution is -0.155. The van der Waals surface area contributed by atoms with Crippen molar-refractivity contribution in [1.82, 2.24) is 0 Å². The predicted octanol–water partition coefficient (Wildman–Crippen LogP) is 2.02. The van der Waals surface area contributed by atoms with E-state index in [1.807, 2.05) is 0 Å². The van der Waals surface area contributed by atoms with Crippen LogP contribution >= 0.6 is 0 Å². The highest BCUT2D eigenvalue weighted by Gasteiger charge is 2.47. The lowest BCUT2D eigenvalue weighted by Crippen LogP contribution is -2.51. The molecule has 0 bridgehead atoms. The zero-order valence-corrected chi connectivity index (χ0v) is 11.3. The molecule has 0 spiro atoms. The molecule has 2 aliphatic heterocycles. The van der Waals surface area contributed by atoms with Gasteiger partial charge in [0.1, 0.15) is 12.4 Å². The van der Waals surface area contributed by atoms with E-state index < -0.39 is 5.60 Å². The Kier molecular flexibility index (Phi) is 4.22. The van der Waals surface area contributed by atoms with Gasteiger partial charge in [0.05, 0.1) is 17.1 Å². The highest BCUT2D eigenvalue weighted by molar-refractivity contribution is 6.01. The maximum atomic E-state index is 12.6. The van der Waals surface area contributed by atoms with Crippen molar-refractivity contribution in [2.45, 2.75) is 18.4 Å². The first-order valence-electron chi connectivity index (χ1n) is 6.47. The van der Waals surface area contributed by atoms with E-state index in [-0.39, 0.29) is 11.7 Å². The third kappa shape index (κ3) is 2.38. The Labute approximate surface area is 113 Å². The van der Waals surface area contributed by atoms with Gasteiger partial charge < -0.3 is 14.2 Å². The number of hydrogen-bond donors (Lipinski definition) is 0. The van der Waals surface area contributed by atoms with Crippen LogP contribution in [0.3, 0.4) is 0 Å². The molecule has 19 heavy (non-hydrogen) atoms. The molecule has 2 aliphatic rings. The molecule has 0 aromatic heterocycles. The first kappa shape index (κ1) is 14.0. The minimum absolute atomic E-state index is 0.0277. The van der Waals surface area contributed by atoms with Gasteiger partial charge in [0.15, 0.2) is 5.78 Å². The second-order valence-electron chi connectivity index (χ2n) is 4.80. The Morgan fingerprint density at radius 3 is 2.53 bits per heavy atom. The van der Waals surface area contributed by atoms with Crippen molar-refractivity contribution in [2.24, 2.45) is 5.92 Å². The van der Waals surface area contributed by atoms with E-state index in [0.717, 1.165) is 0 Å². The van der Waals surface area contributed by atoms with Gasteiger partial charge in [0.25, 0.3) is 0 Å². The Bertz CT molecular complexity index is 416. The maximum absolute atomic E-state index is 12.6. The SMILES string of the molecule is C=CC1=C(C=C)C(=O)C(C2(OC)CCOCC2)CO1. The smallest absolute Gasteiger partial charge is 0.175 e. The van der Waals surface area contributed by atoms with Crippen LogP contribution < -0.4 is 0 Å². The van der Waals surface area contributed by atoms with Crippen LogP contribution in [0.15, 0.2) is 36.6 Å². The fourth-order valence-electron chi connectivity index (χ4n) is 2.81. The van der Waals surface area contributed by atoms with Crippen LogP contribution in [-0.2, 0) is 19.0 Å². The number of rotatable bonds is 4. The summed E-state index contributed by atoms with van der Waals surface area (Å²) in [5, 5.41) is 0. The number of allylic oxidation sites excluding steroid dienone is 3. The van der Waals surface area contributed by atoms with Gasteiger partial charge in [0, 0.05) is 33.2 Å². The van der Waals surface area contributed by atoms with Crippen LogP contribution in [0, 0.1) is 5.92 Å². The Morgan fingerprint density at radius 1 is 1.32 bits per heavy atom. The average Bonchev–Trinajstić information content (AvgIpc) is 2.47. The predicted molar refractivity (Wildman–Crippen MR) is 71.7 cm³/mol. The topological polar surface area (TPSA) is 44.8 Å².